The van der Waals surface area contributed by atoms with Crippen molar-refractivity contribution in [3.05, 3.63) is 30.4 Å². The maximum atomic E-state index is 11.8. The highest BCUT2D eigenvalue weighted by molar-refractivity contribution is 5.89. The molecule has 1 N–H and O–H groups in total. The standard InChI is InChI=1S/C14H18N4O3/c1-10(2)20-8-4-7-16-12(19)14-18-17-13(21-14)11-5-3-6-15-9-11/h3,5-6,9-10H,4,7-8H2,1-2H3,(H,16,19). The van der Waals surface area contributed by atoms with E-state index in [1.54, 1.807) is 24.5 Å². The van der Waals surface area contributed by atoms with Crippen LogP contribution in [0.25, 0.3) is 11.5 Å². The maximum Gasteiger partial charge on any atom is 0.308 e. The monoisotopic (exact) mass is 290 g/mol. The summed E-state index contributed by atoms with van der Waals surface area (Å²) in [5.74, 6) is -0.169. The Morgan fingerprint density at radius 3 is 3.00 bits per heavy atom. The summed E-state index contributed by atoms with van der Waals surface area (Å²) in [5.41, 5.74) is 0.675. The van der Waals surface area contributed by atoms with Crippen molar-refractivity contribution in [2.45, 2.75) is 26.4 Å². The number of amides is 1. The third-order valence-corrected chi connectivity index (χ3v) is 2.59. The fourth-order valence-corrected chi connectivity index (χ4v) is 1.59. The van der Waals surface area contributed by atoms with Crippen LogP contribution in [0.5, 0.6) is 0 Å². The molecule has 2 heterocycles. The van der Waals surface area contributed by atoms with Crippen molar-refractivity contribution < 1.29 is 13.9 Å². The van der Waals surface area contributed by atoms with Gasteiger partial charge in [0, 0.05) is 25.5 Å². The number of hydrogen-bond acceptors (Lipinski definition) is 6. The van der Waals surface area contributed by atoms with E-state index in [0.717, 1.165) is 6.42 Å². The minimum atomic E-state index is -0.387. The zero-order valence-corrected chi connectivity index (χ0v) is 12.1. The molecule has 0 bridgehead atoms. The van der Waals surface area contributed by atoms with Crippen LogP contribution in [0.1, 0.15) is 31.0 Å². The molecule has 0 aliphatic carbocycles. The number of pyridine rings is 1. The van der Waals surface area contributed by atoms with E-state index in [2.05, 4.69) is 20.5 Å². The van der Waals surface area contributed by atoms with Crippen molar-refractivity contribution in [2.24, 2.45) is 0 Å². The first-order valence-corrected chi connectivity index (χ1v) is 6.80. The minimum Gasteiger partial charge on any atom is -0.412 e. The van der Waals surface area contributed by atoms with Crippen molar-refractivity contribution in [1.82, 2.24) is 20.5 Å². The molecule has 0 saturated carbocycles. The molecule has 0 radical (unpaired) electrons. The molecule has 2 rings (SSSR count). The van der Waals surface area contributed by atoms with Gasteiger partial charge in [0.25, 0.3) is 0 Å². The topological polar surface area (TPSA) is 90.1 Å². The van der Waals surface area contributed by atoms with E-state index in [0.29, 0.717) is 18.7 Å². The van der Waals surface area contributed by atoms with E-state index in [9.17, 15) is 4.79 Å². The molecule has 2 aromatic heterocycles. The molecule has 0 aromatic carbocycles. The predicted molar refractivity (Wildman–Crippen MR) is 75.6 cm³/mol. The molecule has 112 valence electrons. The molecule has 0 spiro atoms. The van der Waals surface area contributed by atoms with Gasteiger partial charge in [-0.25, -0.2) is 0 Å². The van der Waals surface area contributed by atoms with Crippen LogP contribution in [0.4, 0.5) is 0 Å². The zero-order valence-electron chi connectivity index (χ0n) is 12.1. The molecular formula is C14H18N4O3. The Balaban J connectivity index is 1.82. The van der Waals surface area contributed by atoms with E-state index >= 15 is 0 Å². The number of ether oxygens (including phenoxy) is 1. The zero-order chi connectivity index (χ0) is 15.1. The third kappa shape index (κ3) is 4.64. The first-order valence-electron chi connectivity index (χ1n) is 6.80. The lowest BCUT2D eigenvalue weighted by Crippen LogP contribution is -2.25. The Morgan fingerprint density at radius 2 is 2.29 bits per heavy atom. The predicted octanol–water partition coefficient (Wildman–Crippen LogP) is 1.68. The first kappa shape index (κ1) is 15.1. The van der Waals surface area contributed by atoms with Gasteiger partial charge in [0.05, 0.1) is 11.7 Å². The van der Waals surface area contributed by atoms with Crippen molar-refractivity contribution in [3.63, 3.8) is 0 Å². The summed E-state index contributed by atoms with van der Waals surface area (Å²) in [6.45, 7) is 5.03. The van der Waals surface area contributed by atoms with Crippen LogP contribution < -0.4 is 5.32 Å². The van der Waals surface area contributed by atoms with Gasteiger partial charge in [0.2, 0.25) is 5.89 Å². The second kappa shape index (κ2) is 7.49. The molecule has 21 heavy (non-hydrogen) atoms. The number of carbonyl (C=O) groups excluding carboxylic acids is 1. The van der Waals surface area contributed by atoms with Crippen LogP contribution in [0, 0.1) is 0 Å². The van der Waals surface area contributed by atoms with Gasteiger partial charge in [0.15, 0.2) is 0 Å². The van der Waals surface area contributed by atoms with Crippen LogP contribution in [0.3, 0.4) is 0 Å². The molecule has 0 aliphatic rings. The molecule has 0 saturated heterocycles. The maximum absolute atomic E-state index is 11.8. The second-order valence-electron chi connectivity index (χ2n) is 4.68. The lowest BCUT2D eigenvalue weighted by Gasteiger charge is -2.07. The molecule has 0 atom stereocenters. The minimum absolute atomic E-state index is 0.0568. The fourth-order valence-electron chi connectivity index (χ4n) is 1.59. The number of nitrogens with one attached hydrogen (secondary N) is 1. The van der Waals surface area contributed by atoms with Gasteiger partial charge in [-0.1, -0.05) is 0 Å². The summed E-state index contributed by atoms with van der Waals surface area (Å²) >= 11 is 0. The van der Waals surface area contributed by atoms with Gasteiger partial charge in [-0.05, 0) is 32.4 Å². The Bertz CT molecular complexity index is 569. The molecule has 0 unspecified atom stereocenters. The van der Waals surface area contributed by atoms with Crippen LogP contribution in [0.15, 0.2) is 28.9 Å². The molecule has 0 fully saturated rings. The van der Waals surface area contributed by atoms with Gasteiger partial charge in [0.1, 0.15) is 0 Å². The summed E-state index contributed by atoms with van der Waals surface area (Å²) in [4.78, 5) is 15.8. The average Bonchev–Trinajstić information content (AvgIpc) is 2.97. The van der Waals surface area contributed by atoms with Gasteiger partial charge in [-0.3, -0.25) is 9.78 Å². The van der Waals surface area contributed by atoms with Gasteiger partial charge < -0.3 is 14.5 Å². The summed E-state index contributed by atoms with van der Waals surface area (Å²) in [7, 11) is 0. The lowest BCUT2D eigenvalue weighted by atomic mass is 10.3. The Labute approximate surface area is 122 Å². The van der Waals surface area contributed by atoms with Crippen molar-refractivity contribution >= 4 is 5.91 Å². The summed E-state index contributed by atoms with van der Waals surface area (Å²) in [6, 6.07) is 3.54. The van der Waals surface area contributed by atoms with Crippen LogP contribution >= 0.6 is 0 Å². The third-order valence-electron chi connectivity index (χ3n) is 2.59. The Kier molecular flexibility index (Phi) is 5.39. The molecule has 7 nitrogen and oxygen atoms in total. The van der Waals surface area contributed by atoms with Crippen LogP contribution in [-0.2, 0) is 4.74 Å². The van der Waals surface area contributed by atoms with Gasteiger partial charge in [-0.2, -0.15) is 0 Å². The Hall–Kier alpha value is -2.28. The average molecular weight is 290 g/mol. The van der Waals surface area contributed by atoms with Crippen LogP contribution in [-0.4, -0.2) is 40.3 Å². The van der Waals surface area contributed by atoms with Crippen LogP contribution in [0.2, 0.25) is 0 Å². The van der Waals surface area contributed by atoms with Crippen molar-refractivity contribution in [1.29, 1.82) is 0 Å². The summed E-state index contributed by atoms with van der Waals surface area (Å²) in [6.07, 6.45) is 4.16. The van der Waals surface area contributed by atoms with E-state index in [1.807, 2.05) is 13.8 Å². The van der Waals surface area contributed by atoms with Gasteiger partial charge >= 0.3 is 11.8 Å². The van der Waals surface area contributed by atoms with E-state index in [4.69, 9.17) is 9.15 Å². The fraction of sp³-hybridized carbons (Fsp3) is 0.429. The van der Waals surface area contributed by atoms with Gasteiger partial charge in [-0.15, -0.1) is 10.2 Å². The molecule has 7 heteroatoms. The molecule has 0 aliphatic heterocycles. The number of aromatic nitrogens is 3. The largest absolute Gasteiger partial charge is 0.412 e. The van der Waals surface area contributed by atoms with Crippen molar-refractivity contribution in [3.8, 4) is 11.5 Å². The highest BCUT2D eigenvalue weighted by Crippen LogP contribution is 2.15. The Morgan fingerprint density at radius 1 is 1.43 bits per heavy atom. The van der Waals surface area contributed by atoms with E-state index in [-0.39, 0.29) is 23.8 Å². The lowest BCUT2D eigenvalue weighted by molar-refractivity contribution is 0.0752. The molecule has 2 aromatic rings. The number of nitrogens with zero attached hydrogens (tertiary/aromatic N) is 3. The quantitative estimate of drug-likeness (QED) is 0.780. The normalized spacial score (nSPS) is 10.8. The molecule has 1 amide bonds. The smallest absolute Gasteiger partial charge is 0.308 e. The number of rotatable bonds is 7. The SMILES string of the molecule is CC(C)OCCCNC(=O)c1nnc(-c2cccnc2)o1. The summed E-state index contributed by atoms with van der Waals surface area (Å²) in [5, 5.41) is 10.3. The van der Waals surface area contributed by atoms with E-state index in [1.165, 1.54) is 0 Å². The highest BCUT2D eigenvalue weighted by atomic mass is 16.5. The number of carbonyl (C=O) groups is 1. The second-order valence-corrected chi connectivity index (χ2v) is 4.68. The van der Waals surface area contributed by atoms with Crippen molar-refractivity contribution in [2.75, 3.05) is 13.2 Å². The first-order chi connectivity index (χ1) is 10.2. The van der Waals surface area contributed by atoms with E-state index < -0.39 is 0 Å². The summed E-state index contributed by atoms with van der Waals surface area (Å²) < 4.78 is 10.7. The molecular weight excluding hydrogens is 272 g/mol. The highest BCUT2D eigenvalue weighted by Gasteiger charge is 2.15. The number of hydrogen-bond donors (Lipinski definition) is 1.